The average Bonchev–Trinajstić information content (AvgIpc) is 2.17. The molecule has 0 aliphatic rings. The maximum absolute atomic E-state index is 11.0. The Hall–Kier alpha value is -2.30. The number of primary amides is 1. The molecule has 5 heteroatoms. The molecule has 5 nitrogen and oxygen atoms in total. The Bertz CT molecular complexity index is 574. The first kappa shape index (κ1) is 9.26. The number of aromatic amines is 1. The summed E-state index contributed by atoms with van der Waals surface area (Å²) in [6.45, 7) is 0. The van der Waals surface area contributed by atoms with E-state index in [2.05, 4.69) is 10.3 Å². The number of hydrogen-bond donors (Lipinski definition) is 3. The molecule has 0 aliphatic heterocycles. The first-order chi connectivity index (χ1) is 7.15. The molecule has 2 rings (SSSR count). The second kappa shape index (κ2) is 3.45. The zero-order chi connectivity index (χ0) is 10.8. The van der Waals surface area contributed by atoms with Crippen LogP contribution in [0.2, 0.25) is 0 Å². The Kier molecular flexibility index (Phi) is 2.13. The van der Waals surface area contributed by atoms with Gasteiger partial charge >= 0.3 is 6.03 Å². The maximum atomic E-state index is 11.0. The Balaban J connectivity index is 2.52. The number of amides is 2. The zero-order valence-electron chi connectivity index (χ0n) is 7.78. The van der Waals surface area contributed by atoms with Crippen LogP contribution < -0.4 is 16.6 Å². The lowest BCUT2D eigenvalue weighted by Gasteiger charge is -2.02. The fourth-order valence-corrected chi connectivity index (χ4v) is 1.37. The molecule has 0 fully saturated rings. The number of aromatic nitrogens is 1. The van der Waals surface area contributed by atoms with Gasteiger partial charge < -0.3 is 16.0 Å². The molecule has 2 amide bonds. The van der Waals surface area contributed by atoms with E-state index in [1.807, 2.05) is 0 Å². The number of carbonyl (C=O) groups excluding carboxylic acids is 1. The molecule has 76 valence electrons. The molecular weight excluding hydrogens is 194 g/mol. The fourth-order valence-electron chi connectivity index (χ4n) is 1.37. The van der Waals surface area contributed by atoms with Gasteiger partial charge in [0, 0.05) is 22.7 Å². The number of pyridine rings is 1. The van der Waals surface area contributed by atoms with Crippen LogP contribution in [0.25, 0.3) is 10.9 Å². The highest BCUT2D eigenvalue weighted by molar-refractivity contribution is 5.91. The summed E-state index contributed by atoms with van der Waals surface area (Å²) in [7, 11) is 0. The Morgan fingerprint density at radius 3 is 2.80 bits per heavy atom. The van der Waals surface area contributed by atoms with Crippen molar-refractivity contribution in [2.75, 3.05) is 5.32 Å². The number of urea groups is 1. The van der Waals surface area contributed by atoms with Gasteiger partial charge in [0.05, 0.1) is 0 Å². The van der Waals surface area contributed by atoms with E-state index in [1.54, 1.807) is 24.3 Å². The normalized spacial score (nSPS) is 10.1. The van der Waals surface area contributed by atoms with Crippen LogP contribution in [0, 0.1) is 0 Å². The maximum Gasteiger partial charge on any atom is 0.316 e. The minimum absolute atomic E-state index is 0.155. The van der Waals surface area contributed by atoms with Crippen molar-refractivity contribution in [2.24, 2.45) is 5.73 Å². The van der Waals surface area contributed by atoms with E-state index in [0.717, 1.165) is 10.9 Å². The van der Waals surface area contributed by atoms with Gasteiger partial charge in [0.2, 0.25) is 5.56 Å². The number of nitrogens with two attached hydrogens (primary N) is 1. The third kappa shape index (κ3) is 1.96. The Morgan fingerprint density at radius 1 is 1.27 bits per heavy atom. The van der Waals surface area contributed by atoms with Crippen LogP contribution in [-0.2, 0) is 0 Å². The van der Waals surface area contributed by atoms with Gasteiger partial charge in [0.25, 0.3) is 0 Å². The lowest BCUT2D eigenvalue weighted by molar-refractivity contribution is 0.259. The van der Waals surface area contributed by atoms with Gasteiger partial charge in [-0.1, -0.05) is 0 Å². The summed E-state index contributed by atoms with van der Waals surface area (Å²) >= 11 is 0. The first-order valence-electron chi connectivity index (χ1n) is 4.35. The van der Waals surface area contributed by atoms with Gasteiger partial charge in [0.1, 0.15) is 0 Å². The molecule has 15 heavy (non-hydrogen) atoms. The van der Waals surface area contributed by atoms with E-state index >= 15 is 0 Å². The largest absolute Gasteiger partial charge is 0.351 e. The molecule has 1 aromatic heterocycles. The molecule has 0 saturated carbocycles. The SMILES string of the molecule is NC(=O)Nc1ccc2[nH]c(=O)ccc2c1. The first-order valence-corrected chi connectivity index (χ1v) is 4.35. The molecule has 0 radical (unpaired) electrons. The predicted octanol–water partition coefficient (Wildman–Crippen LogP) is 1.02. The van der Waals surface area contributed by atoms with Crippen molar-refractivity contribution < 1.29 is 4.79 Å². The van der Waals surface area contributed by atoms with Gasteiger partial charge in [-0.15, -0.1) is 0 Å². The highest BCUT2D eigenvalue weighted by Crippen LogP contribution is 2.15. The summed E-state index contributed by atoms with van der Waals surface area (Å²) < 4.78 is 0. The van der Waals surface area contributed by atoms with Gasteiger partial charge in [-0.3, -0.25) is 4.79 Å². The molecular formula is C10H9N3O2. The Morgan fingerprint density at radius 2 is 2.07 bits per heavy atom. The molecule has 0 bridgehead atoms. The van der Waals surface area contributed by atoms with Crippen LogP contribution in [-0.4, -0.2) is 11.0 Å². The van der Waals surface area contributed by atoms with Gasteiger partial charge in [-0.25, -0.2) is 4.79 Å². The molecule has 1 aromatic carbocycles. The number of benzene rings is 1. The van der Waals surface area contributed by atoms with Crippen molar-refractivity contribution in [3.63, 3.8) is 0 Å². The highest BCUT2D eigenvalue weighted by atomic mass is 16.2. The summed E-state index contributed by atoms with van der Waals surface area (Å²) in [5.41, 5.74) is 6.15. The third-order valence-electron chi connectivity index (χ3n) is 1.99. The standard InChI is InChI=1S/C10H9N3O2/c11-10(15)12-7-2-3-8-6(5-7)1-4-9(14)13-8/h1-5H,(H,13,14)(H3,11,12,15). The number of nitrogens with one attached hydrogen (secondary N) is 2. The molecule has 0 unspecified atom stereocenters. The second-order valence-corrected chi connectivity index (χ2v) is 3.11. The quantitative estimate of drug-likeness (QED) is 0.646. The molecule has 0 atom stereocenters. The van der Waals surface area contributed by atoms with Crippen LogP contribution in [0.1, 0.15) is 0 Å². The lowest BCUT2D eigenvalue weighted by Crippen LogP contribution is -2.19. The van der Waals surface area contributed by atoms with E-state index in [4.69, 9.17) is 5.73 Å². The number of H-pyrrole nitrogens is 1. The van der Waals surface area contributed by atoms with Crippen LogP contribution >= 0.6 is 0 Å². The summed E-state index contributed by atoms with van der Waals surface area (Å²) in [6.07, 6.45) is 0. The number of anilines is 1. The van der Waals surface area contributed by atoms with Crippen molar-refractivity contribution in [3.05, 3.63) is 40.7 Å². The van der Waals surface area contributed by atoms with Crippen molar-refractivity contribution in [3.8, 4) is 0 Å². The number of carbonyl (C=O) groups is 1. The number of fused-ring (bicyclic) bond motifs is 1. The van der Waals surface area contributed by atoms with E-state index in [9.17, 15) is 9.59 Å². The van der Waals surface area contributed by atoms with Crippen molar-refractivity contribution in [1.82, 2.24) is 4.98 Å². The van der Waals surface area contributed by atoms with Crippen LogP contribution in [0.5, 0.6) is 0 Å². The van der Waals surface area contributed by atoms with Crippen molar-refractivity contribution >= 4 is 22.6 Å². The van der Waals surface area contributed by atoms with Gasteiger partial charge in [-0.2, -0.15) is 0 Å². The minimum atomic E-state index is -0.612. The molecule has 4 N–H and O–H groups in total. The smallest absolute Gasteiger partial charge is 0.316 e. The van der Waals surface area contributed by atoms with E-state index in [0.29, 0.717) is 5.69 Å². The molecule has 0 spiro atoms. The van der Waals surface area contributed by atoms with Crippen LogP contribution in [0.4, 0.5) is 10.5 Å². The summed E-state index contributed by atoms with van der Waals surface area (Å²) in [4.78, 5) is 24.3. The fraction of sp³-hybridized carbons (Fsp3) is 0. The van der Waals surface area contributed by atoms with Crippen LogP contribution in [0.3, 0.4) is 0 Å². The van der Waals surface area contributed by atoms with E-state index in [1.165, 1.54) is 6.07 Å². The summed E-state index contributed by atoms with van der Waals surface area (Å²) in [5, 5.41) is 3.29. The predicted molar refractivity (Wildman–Crippen MR) is 57.8 cm³/mol. The summed E-state index contributed by atoms with van der Waals surface area (Å²) in [5.74, 6) is 0. The van der Waals surface area contributed by atoms with Crippen molar-refractivity contribution in [1.29, 1.82) is 0 Å². The lowest BCUT2D eigenvalue weighted by atomic mass is 10.2. The van der Waals surface area contributed by atoms with Crippen molar-refractivity contribution in [2.45, 2.75) is 0 Å². The zero-order valence-corrected chi connectivity index (χ0v) is 7.78. The van der Waals surface area contributed by atoms with Gasteiger partial charge in [-0.05, 0) is 24.3 Å². The summed E-state index contributed by atoms with van der Waals surface area (Å²) in [6, 6.07) is 7.61. The number of hydrogen-bond acceptors (Lipinski definition) is 2. The van der Waals surface area contributed by atoms with Gasteiger partial charge in [0.15, 0.2) is 0 Å². The second-order valence-electron chi connectivity index (χ2n) is 3.11. The molecule has 1 heterocycles. The molecule has 0 saturated heterocycles. The number of rotatable bonds is 1. The molecule has 2 aromatic rings. The average molecular weight is 203 g/mol. The monoisotopic (exact) mass is 203 g/mol. The highest BCUT2D eigenvalue weighted by Gasteiger charge is 1.98. The topological polar surface area (TPSA) is 88.0 Å². The minimum Gasteiger partial charge on any atom is -0.351 e. The molecule has 0 aliphatic carbocycles. The Labute approximate surface area is 84.9 Å². The third-order valence-corrected chi connectivity index (χ3v) is 1.99. The van der Waals surface area contributed by atoms with E-state index < -0.39 is 6.03 Å². The van der Waals surface area contributed by atoms with E-state index in [-0.39, 0.29) is 5.56 Å². The van der Waals surface area contributed by atoms with Crippen LogP contribution in [0.15, 0.2) is 35.1 Å².